The Morgan fingerprint density at radius 2 is 2.22 bits per heavy atom. The summed E-state index contributed by atoms with van der Waals surface area (Å²) in [4.78, 5) is 13.3. The van der Waals surface area contributed by atoms with Crippen LogP contribution in [-0.2, 0) is 4.74 Å². The molecule has 2 unspecified atom stereocenters. The number of amides is 1. The van der Waals surface area contributed by atoms with E-state index in [1.54, 1.807) is 11.9 Å². The van der Waals surface area contributed by atoms with Crippen molar-refractivity contribution in [2.75, 3.05) is 7.05 Å². The molecule has 1 heterocycles. The van der Waals surface area contributed by atoms with Gasteiger partial charge in [0.05, 0.1) is 6.04 Å². The number of benzene rings is 1. The second-order valence-electron chi connectivity index (χ2n) is 5.07. The predicted octanol–water partition coefficient (Wildman–Crippen LogP) is 3.64. The summed E-state index contributed by atoms with van der Waals surface area (Å²) >= 11 is 8.34. The average Bonchev–Trinajstić information content (AvgIpc) is 2.96. The molecule has 18 heavy (non-hydrogen) atoms. The molecule has 5 heteroatoms. The van der Waals surface area contributed by atoms with E-state index in [0.717, 1.165) is 15.0 Å². The summed E-state index contributed by atoms with van der Waals surface area (Å²) in [6, 6.07) is 6.13. The number of ether oxygens (including phenoxy) is 1. The van der Waals surface area contributed by atoms with E-state index in [0.29, 0.717) is 0 Å². The Kier molecular flexibility index (Phi) is 2.79. The van der Waals surface area contributed by atoms with Gasteiger partial charge >= 0.3 is 6.09 Å². The fraction of sp³-hybridized carbons (Fsp3) is 0.462. The van der Waals surface area contributed by atoms with Crippen molar-refractivity contribution in [3.05, 3.63) is 32.4 Å². The second-order valence-corrected chi connectivity index (χ2v) is 6.75. The summed E-state index contributed by atoms with van der Waals surface area (Å²) in [5, 5.41) is 0.740. The lowest BCUT2D eigenvalue weighted by Crippen LogP contribution is -2.32. The number of hydrogen-bond acceptors (Lipinski definition) is 2. The van der Waals surface area contributed by atoms with Gasteiger partial charge < -0.3 is 9.64 Å². The molecule has 0 N–H and O–H groups in total. The lowest BCUT2D eigenvalue weighted by molar-refractivity contribution is 0.114. The first-order chi connectivity index (χ1) is 8.44. The van der Waals surface area contributed by atoms with Gasteiger partial charge in [0.2, 0.25) is 0 Å². The Bertz CT molecular complexity index is 515. The monoisotopic (exact) mass is 377 g/mol. The molecule has 3 rings (SSSR count). The quantitative estimate of drug-likeness (QED) is 0.699. The molecule has 2 fully saturated rings. The summed E-state index contributed by atoms with van der Waals surface area (Å²) in [5.41, 5.74) is 0.835. The van der Waals surface area contributed by atoms with Crippen molar-refractivity contribution in [2.45, 2.75) is 30.9 Å². The van der Waals surface area contributed by atoms with Crippen LogP contribution >= 0.6 is 34.2 Å². The molecule has 1 aromatic rings. The maximum atomic E-state index is 11.6. The van der Waals surface area contributed by atoms with Crippen molar-refractivity contribution in [1.82, 2.24) is 4.90 Å². The summed E-state index contributed by atoms with van der Waals surface area (Å²) < 4.78 is 6.69. The molecule has 0 radical (unpaired) electrons. The molecule has 2 aliphatic rings. The summed E-state index contributed by atoms with van der Waals surface area (Å²) in [7, 11) is 1.79. The molecule has 3 atom stereocenters. The molecule has 0 aromatic heterocycles. The highest BCUT2D eigenvalue weighted by Crippen LogP contribution is 2.60. The highest BCUT2D eigenvalue weighted by atomic mass is 127. The van der Waals surface area contributed by atoms with Crippen LogP contribution in [0.3, 0.4) is 0 Å². The molecule has 1 aliphatic heterocycles. The third kappa shape index (κ3) is 1.72. The van der Waals surface area contributed by atoms with Gasteiger partial charge in [-0.05, 0) is 53.3 Å². The smallest absolute Gasteiger partial charge is 0.410 e. The van der Waals surface area contributed by atoms with Gasteiger partial charge in [0.1, 0.15) is 5.60 Å². The zero-order chi connectivity index (χ0) is 13.1. The number of likely N-dealkylation sites (N-methyl/N-ethyl adjacent to an activating group) is 1. The zero-order valence-corrected chi connectivity index (χ0v) is 13.0. The van der Waals surface area contributed by atoms with Crippen LogP contribution in [0.2, 0.25) is 5.02 Å². The van der Waals surface area contributed by atoms with E-state index in [2.05, 4.69) is 28.7 Å². The molecule has 1 aliphatic carbocycles. The molecule has 1 aromatic carbocycles. The van der Waals surface area contributed by atoms with Crippen molar-refractivity contribution < 1.29 is 9.53 Å². The highest BCUT2D eigenvalue weighted by molar-refractivity contribution is 14.1. The minimum Gasteiger partial charge on any atom is -0.440 e. The van der Waals surface area contributed by atoms with E-state index >= 15 is 0 Å². The van der Waals surface area contributed by atoms with Gasteiger partial charge in [0.25, 0.3) is 0 Å². The maximum absolute atomic E-state index is 11.6. The Labute approximate surface area is 125 Å². The SMILES string of the molecule is C[C@@H]1N(C)C(=O)OC12CC2c1cc(Cl)cc(I)c1. The van der Waals surface area contributed by atoms with Gasteiger partial charge in [-0.3, -0.25) is 0 Å². The van der Waals surface area contributed by atoms with Gasteiger partial charge in [-0.25, -0.2) is 4.79 Å². The van der Waals surface area contributed by atoms with Crippen LogP contribution in [0.15, 0.2) is 18.2 Å². The van der Waals surface area contributed by atoms with E-state index in [4.69, 9.17) is 16.3 Å². The molecular formula is C13H13ClINO2. The van der Waals surface area contributed by atoms with E-state index in [1.807, 2.05) is 19.1 Å². The van der Waals surface area contributed by atoms with E-state index in [1.165, 1.54) is 5.56 Å². The molecule has 1 amide bonds. The summed E-state index contributed by atoms with van der Waals surface area (Å²) in [5.74, 6) is 0.272. The molecule has 3 nitrogen and oxygen atoms in total. The van der Waals surface area contributed by atoms with Crippen molar-refractivity contribution in [3.63, 3.8) is 0 Å². The summed E-state index contributed by atoms with van der Waals surface area (Å²) in [6.07, 6.45) is 0.669. The van der Waals surface area contributed by atoms with Crippen LogP contribution in [0.5, 0.6) is 0 Å². The van der Waals surface area contributed by atoms with Gasteiger partial charge in [-0.1, -0.05) is 11.6 Å². The first kappa shape index (κ1) is 12.5. The average molecular weight is 378 g/mol. The van der Waals surface area contributed by atoms with E-state index < -0.39 is 0 Å². The number of halogens is 2. The standard InChI is InChI=1S/C13H13ClINO2/c1-7-13(18-12(17)16(7)2)6-11(13)8-3-9(14)5-10(15)4-8/h3-5,7,11H,6H2,1-2H3/t7-,11?,13?/m0/s1. The molecule has 1 saturated heterocycles. The fourth-order valence-corrected chi connectivity index (χ4v) is 3.94. The van der Waals surface area contributed by atoms with Crippen LogP contribution < -0.4 is 0 Å². The molecule has 1 saturated carbocycles. The van der Waals surface area contributed by atoms with Gasteiger partial charge in [-0.15, -0.1) is 0 Å². The van der Waals surface area contributed by atoms with E-state index in [-0.39, 0.29) is 23.7 Å². The Morgan fingerprint density at radius 3 is 2.78 bits per heavy atom. The molecule has 96 valence electrons. The van der Waals surface area contributed by atoms with Crippen LogP contribution in [0.4, 0.5) is 4.79 Å². The number of hydrogen-bond donors (Lipinski definition) is 0. The lowest BCUT2D eigenvalue weighted by atomic mass is 10.0. The zero-order valence-electron chi connectivity index (χ0n) is 10.1. The minimum atomic E-state index is -0.334. The van der Waals surface area contributed by atoms with E-state index in [9.17, 15) is 4.79 Å². The van der Waals surface area contributed by atoms with Crippen LogP contribution in [0.25, 0.3) is 0 Å². The molecule has 1 spiro atoms. The third-order valence-electron chi connectivity index (χ3n) is 4.09. The van der Waals surface area contributed by atoms with Gasteiger partial charge in [0, 0.05) is 28.0 Å². The Balaban J connectivity index is 1.92. The van der Waals surface area contributed by atoms with Crippen LogP contribution in [0.1, 0.15) is 24.8 Å². The maximum Gasteiger partial charge on any atom is 0.410 e. The van der Waals surface area contributed by atoms with Gasteiger partial charge in [-0.2, -0.15) is 0 Å². The topological polar surface area (TPSA) is 29.5 Å². The largest absolute Gasteiger partial charge is 0.440 e. The number of rotatable bonds is 1. The second kappa shape index (κ2) is 4.00. The first-order valence-electron chi connectivity index (χ1n) is 5.86. The summed E-state index contributed by atoms with van der Waals surface area (Å²) in [6.45, 7) is 2.04. The lowest BCUT2D eigenvalue weighted by Gasteiger charge is -2.17. The predicted molar refractivity (Wildman–Crippen MR) is 78.0 cm³/mol. The number of carbonyl (C=O) groups excluding carboxylic acids is 1. The van der Waals surface area contributed by atoms with Crippen molar-refractivity contribution >= 4 is 40.3 Å². The minimum absolute atomic E-state index is 0.117. The first-order valence-corrected chi connectivity index (χ1v) is 7.31. The number of carbonyl (C=O) groups is 1. The molecule has 0 bridgehead atoms. The van der Waals surface area contributed by atoms with Gasteiger partial charge in [0.15, 0.2) is 0 Å². The Hall–Kier alpha value is -0.490. The highest BCUT2D eigenvalue weighted by Gasteiger charge is 2.67. The third-order valence-corrected chi connectivity index (χ3v) is 4.93. The van der Waals surface area contributed by atoms with Crippen molar-refractivity contribution in [3.8, 4) is 0 Å². The van der Waals surface area contributed by atoms with Crippen molar-refractivity contribution in [2.24, 2.45) is 0 Å². The molecular weight excluding hydrogens is 365 g/mol. The normalized spacial score (nSPS) is 34.0. The van der Waals surface area contributed by atoms with Crippen LogP contribution in [-0.4, -0.2) is 29.7 Å². The van der Waals surface area contributed by atoms with Crippen molar-refractivity contribution in [1.29, 1.82) is 0 Å². The number of nitrogens with zero attached hydrogens (tertiary/aromatic N) is 1. The Morgan fingerprint density at radius 1 is 1.50 bits per heavy atom. The fourth-order valence-electron chi connectivity index (χ4n) is 2.82. The van der Waals surface area contributed by atoms with Crippen LogP contribution in [0, 0.1) is 3.57 Å².